The molecule has 2 rings (SSSR count). The average molecular weight is 312 g/mol. The van der Waals surface area contributed by atoms with E-state index in [4.69, 9.17) is 9.84 Å². The number of esters is 1. The molecule has 0 bridgehead atoms. The summed E-state index contributed by atoms with van der Waals surface area (Å²) in [5.41, 5.74) is -0.659. The van der Waals surface area contributed by atoms with Gasteiger partial charge in [0.15, 0.2) is 12.4 Å². The number of carbonyl (C=O) groups is 3. The Morgan fingerprint density at radius 1 is 1.30 bits per heavy atom. The molecular weight excluding hydrogens is 296 g/mol. The molecule has 0 spiro atoms. The summed E-state index contributed by atoms with van der Waals surface area (Å²) in [6.45, 7) is 1.48. The van der Waals surface area contributed by atoms with Crippen molar-refractivity contribution in [2.75, 3.05) is 6.61 Å². The van der Waals surface area contributed by atoms with Gasteiger partial charge in [0.1, 0.15) is 0 Å². The van der Waals surface area contributed by atoms with Crippen LogP contribution in [-0.2, 0) is 19.1 Å². The van der Waals surface area contributed by atoms with Crippen LogP contribution in [0.5, 0.6) is 0 Å². The normalized spacial score (nSPS) is 20.0. The Morgan fingerprint density at radius 3 is 2.65 bits per heavy atom. The molecule has 118 valence electrons. The van der Waals surface area contributed by atoms with Crippen molar-refractivity contribution in [2.45, 2.75) is 19.8 Å². The van der Waals surface area contributed by atoms with E-state index in [9.17, 15) is 14.4 Å². The van der Waals surface area contributed by atoms with E-state index in [0.717, 1.165) is 5.56 Å². The molecule has 0 saturated carbocycles. The monoisotopic (exact) mass is 312 g/mol. The number of Topliss-reactive ketones (excluding diaryl/α,β-unsaturated/α-hetero) is 1. The van der Waals surface area contributed by atoms with E-state index in [1.54, 1.807) is 6.92 Å². The highest BCUT2D eigenvalue weighted by Gasteiger charge is 2.39. The maximum atomic E-state index is 12.2. The van der Waals surface area contributed by atoms with Crippen molar-refractivity contribution in [3.8, 4) is 11.8 Å². The van der Waals surface area contributed by atoms with Crippen molar-refractivity contribution in [1.29, 1.82) is 0 Å². The summed E-state index contributed by atoms with van der Waals surface area (Å²) in [7, 11) is 0. The molecule has 5 nitrogen and oxygen atoms in total. The average Bonchev–Trinajstić information content (AvgIpc) is 2.54. The molecule has 0 radical (unpaired) electrons. The van der Waals surface area contributed by atoms with E-state index in [-0.39, 0.29) is 25.0 Å². The fourth-order valence-corrected chi connectivity index (χ4v) is 2.25. The van der Waals surface area contributed by atoms with Gasteiger partial charge in [-0.2, -0.15) is 0 Å². The Balaban J connectivity index is 2.02. The minimum Gasteiger partial charge on any atom is -0.478 e. The summed E-state index contributed by atoms with van der Waals surface area (Å²) in [5, 5.41) is 9.00. The lowest BCUT2D eigenvalue weighted by Crippen LogP contribution is -2.34. The third-order valence-electron chi connectivity index (χ3n) is 3.61. The first kappa shape index (κ1) is 16.5. The highest BCUT2D eigenvalue weighted by molar-refractivity contribution is 6.17. The topological polar surface area (TPSA) is 80.7 Å². The van der Waals surface area contributed by atoms with Gasteiger partial charge in [-0.3, -0.25) is 9.59 Å². The summed E-state index contributed by atoms with van der Waals surface area (Å²) < 4.78 is 5.11. The molecule has 0 unspecified atom stereocenters. The highest BCUT2D eigenvalue weighted by Crippen LogP contribution is 2.33. The van der Waals surface area contributed by atoms with Gasteiger partial charge in [0.25, 0.3) is 0 Å². The van der Waals surface area contributed by atoms with Crippen molar-refractivity contribution < 1.29 is 24.2 Å². The zero-order valence-electron chi connectivity index (χ0n) is 12.7. The summed E-state index contributed by atoms with van der Waals surface area (Å²) in [5.74, 6) is 3.23. The maximum absolute atomic E-state index is 12.2. The number of ether oxygens (including phenoxy) is 1. The van der Waals surface area contributed by atoms with Gasteiger partial charge in [-0.05, 0) is 31.6 Å². The van der Waals surface area contributed by atoms with E-state index in [2.05, 4.69) is 11.8 Å². The van der Waals surface area contributed by atoms with Crippen LogP contribution >= 0.6 is 0 Å². The third kappa shape index (κ3) is 4.07. The largest absolute Gasteiger partial charge is 0.478 e. The molecule has 1 atom stereocenters. The van der Waals surface area contributed by atoms with Gasteiger partial charge in [0.2, 0.25) is 0 Å². The molecule has 1 aromatic carbocycles. The Bertz CT molecular complexity index is 721. The molecule has 0 amide bonds. The summed E-state index contributed by atoms with van der Waals surface area (Å²) >= 11 is 0. The molecule has 1 aliphatic carbocycles. The van der Waals surface area contributed by atoms with E-state index in [1.807, 2.05) is 30.3 Å². The van der Waals surface area contributed by atoms with E-state index < -0.39 is 23.1 Å². The van der Waals surface area contributed by atoms with Crippen molar-refractivity contribution in [3.63, 3.8) is 0 Å². The van der Waals surface area contributed by atoms with Crippen molar-refractivity contribution in [1.82, 2.24) is 0 Å². The first-order valence-electron chi connectivity index (χ1n) is 7.13. The molecule has 23 heavy (non-hydrogen) atoms. The predicted octanol–water partition coefficient (Wildman–Crippen LogP) is 1.96. The lowest BCUT2D eigenvalue weighted by molar-refractivity contribution is -0.151. The van der Waals surface area contributed by atoms with Gasteiger partial charge in [-0.15, -0.1) is 0 Å². The van der Waals surface area contributed by atoms with Crippen LogP contribution in [0.3, 0.4) is 0 Å². The van der Waals surface area contributed by atoms with Gasteiger partial charge in [0, 0.05) is 12.0 Å². The third-order valence-corrected chi connectivity index (χ3v) is 3.61. The number of hydrogen-bond acceptors (Lipinski definition) is 4. The molecule has 0 aromatic heterocycles. The Morgan fingerprint density at radius 2 is 2.00 bits per heavy atom. The number of carboxylic acid groups (broad SMARTS) is 1. The fourth-order valence-electron chi connectivity index (χ4n) is 2.25. The van der Waals surface area contributed by atoms with Gasteiger partial charge < -0.3 is 9.84 Å². The second kappa shape index (κ2) is 6.93. The quantitative estimate of drug-likeness (QED) is 0.524. The number of benzene rings is 1. The molecule has 1 aromatic rings. The van der Waals surface area contributed by atoms with E-state index in [0.29, 0.717) is 0 Å². The number of aliphatic carboxylic acids is 1. The van der Waals surface area contributed by atoms with Crippen LogP contribution in [0.4, 0.5) is 0 Å². The van der Waals surface area contributed by atoms with E-state index >= 15 is 0 Å². The minimum absolute atomic E-state index is 0.0133. The number of carbonyl (C=O) groups excluding carboxylic acids is 2. The van der Waals surface area contributed by atoms with Gasteiger partial charge in [-0.1, -0.05) is 30.0 Å². The fraction of sp³-hybridized carbons (Fsp3) is 0.278. The maximum Gasteiger partial charge on any atom is 0.339 e. The van der Waals surface area contributed by atoms with Crippen LogP contribution in [0.2, 0.25) is 0 Å². The lowest BCUT2D eigenvalue weighted by atomic mass is 9.77. The summed E-state index contributed by atoms with van der Waals surface area (Å²) in [4.78, 5) is 34.7. The smallest absolute Gasteiger partial charge is 0.339 e. The first-order chi connectivity index (χ1) is 10.9. The second-order valence-electron chi connectivity index (χ2n) is 5.45. The zero-order valence-corrected chi connectivity index (χ0v) is 12.7. The van der Waals surface area contributed by atoms with Crippen molar-refractivity contribution >= 4 is 17.7 Å². The molecule has 0 aliphatic heterocycles. The first-order valence-corrected chi connectivity index (χ1v) is 7.13. The Hall–Kier alpha value is -2.87. The van der Waals surface area contributed by atoms with Gasteiger partial charge in [-0.25, -0.2) is 4.79 Å². The number of rotatable bonds is 3. The lowest BCUT2D eigenvalue weighted by Gasteiger charge is -2.27. The van der Waals surface area contributed by atoms with Crippen LogP contribution in [0.1, 0.15) is 25.3 Å². The molecular formula is C18H16O5. The molecule has 1 aliphatic rings. The molecule has 0 saturated heterocycles. The van der Waals surface area contributed by atoms with Crippen LogP contribution in [-0.4, -0.2) is 29.4 Å². The second-order valence-corrected chi connectivity index (χ2v) is 5.45. The Kier molecular flexibility index (Phi) is 4.97. The number of carboxylic acids is 1. The van der Waals surface area contributed by atoms with Gasteiger partial charge in [0.05, 0.1) is 11.0 Å². The molecule has 0 fully saturated rings. The number of ketones is 1. The SMILES string of the molecule is C[C@]1(C(=O)OCC#Cc2ccccc2)C=C(C(=O)O)C(=O)CC1. The summed E-state index contributed by atoms with van der Waals surface area (Å²) in [6.07, 6.45) is 1.43. The number of hydrogen-bond donors (Lipinski definition) is 1. The van der Waals surface area contributed by atoms with Crippen LogP contribution in [0.15, 0.2) is 42.0 Å². The minimum atomic E-state index is -1.32. The highest BCUT2D eigenvalue weighted by atomic mass is 16.5. The van der Waals surface area contributed by atoms with E-state index in [1.165, 1.54) is 6.08 Å². The standard InChI is InChI=1S/C18H16O5/c1-18(10-9-15(19)14(12-18)16(20)21)17(22)23-11-5-8-13-6-3-2-4-7-13/h2-4,6-7,12H,9-11H2,1H3,(H,20,21)/t18-/m1/s1. The van der Waals surface area contributed by atoms with Crippen LogP contribution < -0.4 is 0 Å². The van der Waals surface area contributed by atoms with Crippen LogP contribution in [0.25, 0.3) is 0 Å². The van der Waals surface area contributed by atoms with Crippen molar-refractivity contribution in [2.24, 2.45) is 5.41 Å². The van der Waals surface area contributed by atoms with Gasteiger partial charge >= 0.3 is 11.9 Å². The molecule has 0 heterocycles. The van der Waals surface area contributed by atoms with Crippen molar-refractivity contribution in [3.05, 3.63) is 47.5 Å². The van der Waals surface area contributed by atoms with Crippen LogP contribution in [0, 0.1) is 17.3 Å². The molecule has 1 N–H and O–H groups in total. The predicted molar refractivity (Wildman–Crippen MR) is 82.3 cm³/mol. The Labute approximate surface area is 134 Å². The summed E-state index contributed by atoms with van der Waals surface area (Å²) in [6, 6.07) is 9.26. The zero-order chi connectivity index (χ0) is 16.9. The molecule has 5 heteroatoms.